The van der Waals surface area contributed by atoms with Crippen LogP contribution in [-0.2, 0) is 6.54 Å². The van der Waals surface area contributed by atoms with E-state index in [1.54, 1.807) is 7.11 Å². The first kappa shape index (κ1) is 13.9. The minimum absolute atomic E-state index is 0.685. The average Bonchev–Trinajstić information content (AvgIpc) is 2.40. The van der Waals surface area contributed by atoms with Gasteiger partial charge in [-0.05, 0) is 38.1 Å². The Bertz CT molecular complexity index is 567. The highest BCUT2D eigenvalue weighted by Crippen LogP contribution is 2.24. The molecule has 0 unspecified atom stereocenters. The van der Waals surface area contributed by atoms with Gasteiger partial charge in [0.25, 0.3) is 0 Å². The second kappa shape index (κ2) is 6.06. The highest BCUT2D eigenvalue weighted by atomic mass is 79.9. The molecule has 0 saturated carbocycles. The molecular weight excluding hydrogens is 304 g/mol. The van der Waals surface area contributed by atoms with Gasteiger partial charge in [-0.1, -0.05) is 15.9 Å². The number of pyridine rings is 1. The van der Waals surface area contributed by atoms with Gasteiger partial charge in [0, 0.05) is 27.5 Å². The first-order valence-corrected chi connectivity index (χ1v) is 6.89. The fourth-order valence-corrected chi connectivity index (χ4v) is 2.27. The zero-order valence-electron chi connectivity index (χ0n) is 11.3. The van der Waals surface area contributed by atoms with Crippen LogP contribution in [0.4, 0.5) is 5.69 Å². The Morgan fingerprint density at radius 1 is 1.21 bits per heavy atom. The fourth-order valence-electron chi connectivity index (χ4n) is 2.00. The molecule has 0 bridgehead atoms. The summed E-state index contributed by atoms with van der Waals surface area (Å²) in [6, 6.07) is 8.09. The Morgan fingerprint density at radius 2 is 1.89 bits per heavy atom. The van der Waals surface area contributed by atoms with E-state index in [1.165, 1.54) is 0 Å². The molecule has 1 heterocycles. The van der Waals surface area contributed by atoms with Crippen LogP contribution in [0.5, 0.6) is 5.75 Å². The normalized spacial score (nSPS) is 10.3. The molecule has 1 aromatic heterocycles. The van der Waals surface area contributed by atoms with Gasteiger partial charge in [-0.3, -0.25) is 4.98 Å². The number of hydrogen-bond acceptors (Lipinski definition) is 3. The van der Waals surface area contributed by atoms with Crippen LogP contribution in [0.2, 0.25) is 0 Å². The third kappa shape index (κ3) is 3.26. The number of hydrogen-bond donors (Lipinski definition) is 1. The molecule has 3 nitrogen and oxygen atoms in total. The topological polar surface area (TPSA) is 34.1 Å². The van der Waals surface area contributed by atoms with E-state index in [4.69, 9.17) is 4.74 Å². The van der Waals surface area contributed by atoms with E-state index in [2.05, 4.69) is 26.2 Å². The second-order valence-electron chi connectivity index (χ2n) is 4.41. The standard InChI is InChI=1S/C15H17BrN2O/c1-10-8-18-14(11(2)15(10)19-3)9-17-13-6-4-12(16)5-7-13/h4-8,17H,9H2,1-3H3. The minimum atomic E-state index is 0.685. The van der Waals surface area contributed by atoms with Crippen LogP contribution in [0, 0.1) is 13.8 Å². The molecule has 1 N–H and O–H groups in total. The van der Waals surface area contributed by atoms with E-state index in [9.17, 15) is 0 Å². The number of aryl methyl sites for hydroxylation is 1. The molecule has 2 rings (SSSR count). The van der Waals surface area contributed by atoms with E-state index < -0.39 is 0 Å². The van der Waals surface area contributed by atoms with Crippen molar-refractivity contribution in [1.82, 2.24) is 4.98 Å². The smallest absolute Gasteiger partial charge is 0.128 e. The molecule has 100 valence electrons. The van der Waals surface area contributed by atoms with Gasteiger partial charge >= 0.3 is 0 Å². The number of nitrogens with one attached hydrogen (secondary N) is 1. The number of rotatable bonds is 4. The third-order valence-corrected chi connectivity index (χ3v) is 3.58. The van der Waals surface area contributed by atoms with Crippen LogP contribution in [-0.4, -0.2) is 12.1 Å². The van der Waals surface area contributed by atoms with E-state index >= 15 is 0 Å². The highest BCUT2D eigenvalue weighted by molar-refractivity contribution is 9.10. The van der Waals surface area contributed by atoms with Crippen molar-refractivity contribution in [3.8, 4) is 5.75 Å². The molecular formula is C15H17BrN2O. The summed E-state index contributed by atoms with van der Waals surface area (Å²) in [4.78, 5) is 4.47. The van der Waals surface area contributed by atoms with Gasteiger partial charge in [-0.15, -0.1) is 0 Å². The lowest BCUT2D eigenvalue weighted by atomic mass is 10.1. The molecule has 0 amide bonds. The summed E-state index contributed by atoms with van der Waals surface area (Å²) < 4.78 is 6.48. The Kier molecular flexibility index (Phi) is 4.43. The molecule has 0 atom stereocenters. The lowest BCUT2D eigenvalue weighted by Crippen LogP contribution is -2.06. The van der Waals surface area contributed by atoms with E-state index in [-0.39, 0.29) is 0 Å². The number of nitrogens with zero attached hydrogens (tertiary/aromatic N) is 1. The first-order valence-electron chi connectivity index (χ1n) is 6.10. The molecule has 0 spiro atoms. The predicted molar refractivity (Wildman–Crippen MR) is 81.7 cm³/mol. The third-order valence-electron chi connectivity index (χ3n) is 3.05. The van der Waals surface area contributed by atoms with Crippen molar-refractivity contribution in [2.45, 2.75) is 20.4 Å². The molecule has 0 radical (unpaired) electrons. The Hall–Kier alpha value is -1.55. The summed E-state index contributed by atoms with van der Waals surface area (Å²) >= 11 is 3.42. The van der Waals surface area contributed by atoms with Crippen LogP contribution in [0.15, 0.2) is 34.9 Å². The molecule has 0 aliphatic rings. The van der Waals surface area contributed by atoms with Crippen LogP contribution < -0.4 is 10.1 Å². The van der Waals surface area contributed by atoms with Gasteiger partial charge in [0.1, 0.15) is 5.75 Å². The molecule has 19 heavy (non-hydrogen) atoms. The molecule has 4 heteroatoms. The number of aromatic nitrogens is 1. The van der Waals surface area contributed by atoms with Crippen molar-refractivity contribution in [2.75, 3.05) is 12.4 Å². The number of anilines is 1. The van der Waals surface area contributed by atoms with Crippen molar-refractivity contribution >= 4 is 21.6 Å². The van der Waals surface area contributed by atoms with Crippen molar-refractivity contribution < 1.29 is 4.74 Å². The van der Waals surface area contributed by atoms with Gasteiger partial charge in [-0.2, -0.15) is 0 Å². The lowest BCUT2D eigenvalue weighted by molar-refractivity contribution is 0.407. The molecule has 0 fully saturated rings. The zero-order valence-corrected chi connectivity index (χ0v) is 12.9. The van der Waals surface area contributed by atoms with E-state index in [0.717, 1.165) is 32.7 Å². The number of benzene rings is 1. The highest BCUT2D eigenvalue weighted by Gasteiger charge is 2.08. The quantitative estimate of drug-likeness (QED) is 0.921. The summed E-state index contributed by atoms with van der Waals surface area (Å²) in [5.41, 5.74) is 4.23. The number of ether oxygens (including phenoxy) is 1. The molecule has 1 aromatic carbocycles. The zero-order chi connectivity index (χ0) is 13.8. The van der Waals surface area contributed by atoms with Crippen molar-refractivity contribution in [1.29, 1.82) is 0 Å². The monoisotopic (exact) mass is 320 g/mol. The van der Waals surface area contributed by atoms with Crippen LogP contribution in [0.1, 0.15) is 16.8 Å². The average molecular weight is 321 g/mol. The van der Waals surface area contributed by atoms with Crippen LogP contribution in [0.3, 0.4) is 0 Å². The lowest BCUT2D eigenvalue weighted by Gasteiger charge is -2.13. The maximum absolute atomic E-state index is 5.41. The minimum Gasteiger partial charge on any atom is -0.496 e. The van der Waals surface area contributed by atoms with Gasteiger partial charge < -0.3 is 10.1 Å². The Balaban J connectivity index is 2.13. The van der Waals surface area contributed by atoms with Crippen molar-refractivity contribution in [3.63, 3.8) is 0 Å². The fraction of sp³-hybridized carbons (Fsp3) is 0.267. The largest absolute Gasteiger partial charge is 0.496 e. The summed E-state index contributed by atoms with van der Waals surface area (Å²) in [6.45, 7) is 4.73. The van der Waals surface area contributed by atoms with Gasteiger partial charge in [0.05, 0.1) is 19.3 Å². The molecule has 2 aromatic rings. The Morgan fingerprint density at radius 3 is 2.53 bits per heavy atom. The number of halogens is 1. The van der Waals surface area contributed by atoms with Gasteiger partial charge in [0.15, 0.2) is 0 Å². The molecule has 0 aliphatic heterocycles. The summed E-state index contributed by atoms with van der Waals surface area (Å²) in [5.74, 6) is 0.919. The van der Waals surface area contributed by atoms with Gasteiger partial charge in [0.2, 0.25) is 0 Å². The summed E-state index contributed by atoms with van der Waals surface area (Å²) in [5, 5.41) is 3.36. The summed E-state index contributed by atoms with van der Waals surface area (Å²) in [6.07, 6.45) is 1.85. The SMILES string of the molecule is COc1c(C)cnc(CNc2ccc(Br)cc2)c1C. The molecule has 0 aliphatic carbocycles. The second-order valence-corrected chi connectivity index (χ2v) is 5.32. The van der Waals surface area contributed by atoms with Crippen LogP contribution >= 0.6 is 15.9 Å². The van der Waals surface area contributed by atoms with Crippen LogP contribution in [0.25, 0.3) is 0 Å². The summed E-state index contributed by atoms with van der Waals surface area (Å²) in [7, 11) is 1.70. The maximum Gasteiger partial charge on any atom is 0.128 e. The molecule has 0 saturated heterocycles. The van der Waals surface area contributed by atoms with E-state index in [0.29, 0.717) is 6.54 Å². The van der Waals surface area contributed by atoms with E-state index in [1.807, 2.05) is 44.3 Å². The number of methoxy groups -OCH3 is 1. The van der Waals surface area contributed by atoms with Crippen molar-refractivity contribution in [2.24, 2.45) is 0 Å². The van der Waals surface area contributed by atoms with Crippen molar-refractivity contribution in [3.05, 3.63) is 51.8 Å². The predicted octanol–water partition coefficient (Wildman–Crippen LogP) is 4.08. The van der Waals surface area contributed by atoms with Gasteiger partial charge in [-0.25, -0.2) is 0 Å². The maximum atomic E-state index is 5.41. The Labute approximate surface area is 122 Å². The first-order chi connectivity index (χ1) is 9.11.